The van der Waals surface area contributed by atoms with Crippen LogP contribution in [0.15, 0.2) is 42.5 Å². The fourth-order valence-corrected chi connectivity index (χ4v) is 1.71. The number of hydrogen-bond donors (Lipinski definition) is 1. The fraction of sp³-hybridized carbons (Fsp3) is 0.312. The van der Waals surface area contributed by atoms with Crippen molar-refractivity contribution in [3.8, 4) is 11.5 Å². The lowest BCUT2D eigenvalue weighted by molar-refractivity contribution is 0.297. The largest absolute Gasteiger partial charge is 0.494 e. The fourth-order valence-electron chi connectivity index (χ4n) is 1.71. The van der Waals surface area contributed by atoms with Crippen LogP contribution in [0.4, 0.5) is 5.82 Å². The molecule has 20 heavy (non-hydrogen) atoms. The lowest BCUT2D eigenvalue weighted by atomic mass is 10.3. The molecule has 4 nitrogen and oxygen atoms in total. The Morgan fingerprint density at radius 3 is 2.35 bits per heavy atom. The number of hydrogen-bond acceptors (Lipinski definition) is 4. The van der Waals surface area contributed by atoms with Crippen molar-refractivity contribution in [3.63, 3.8) is 0 Å². The van der Waals surface area contributed by atoms with Crippen molar-refractivity contribution in [2.24, 2.45) is 0 Å². The topological polar surface area (TPSA) is 43.4 Å². The predicted molar refractivity (Wildman–Crippen MR) is 80.3 cm³/mol. The van der Waals surface area contributed by atoms with Gasteiger partial charge >= 0.3 is 0 Å². The van der Waals surface area contributed by atoms with Crippen molar-refractivity contribution in [2.45, 2.75) is 20.0 Å². The first-order chi connectivity index (χ1) is 9.81. The number of rotatable bonds is 7. The third-order valence-electron chi connectivity index (χ3n) is 2.75. The van der Waals surface area contributed by atoms with Crippen LogP contribution in [0.5, 0.6) is 11.5 Å². The van der Waals surface area contributed by atoms with Gasteiger partial charge in [-0.05, 0) is 42.8 Å². The maximum atomic E-state index is 5.71. The molecule has 1 aromatic carbocycles. The van der Waals surface area contributed by atoms with Crippen LogP contribution >= 0.6 is 0 Å². The van der Waals surface area contributed by atoms with Gasteiger partial charge in [-0.1, -0.05) is 13.0 Å². The molecule has 0 spiro atoms. The molecular formula is C16H20N2O2. The normalized spacial score (nSPS) is 10.1. The molecule has 0 atom stereocenters. The molecule has 1 heterocycles. The minimum absolute atomic E-state index is 0.449. The highest BCUT2D eigenvalue weighted by Gasteiger charge is 1.99. The van der Waals surface area contributed by atoms with E-state index in [-0.39, 0.29) is 0 Å². The SMILES string of the molecule is CCCOc1ccc(OCc2cccc(NC)n2)cc1. The molecule has 2 rings (SSSR count). The van der Waals surface area contributed by atoms with Crippen molar-refractivity contribution < 1.29 is 9.47 Å². The van der Waals surface area contributed by atoms with Gasteiger partial charge < -0.3 is 14.8 Å². The quantitative estimate of drug-likeness (QED) is 0.838. The first-order valence-electron chi connectivity index (χ1n) is 6.81. The molecule has 0 radical (unpaired) electrons. The molecule has 0 saturated carbocycles. The molecule has 1 aromatic heterocycles. The van der Waals surface area contributed by atoms with Gasteiger partial charge in [0.15, 0.2) is 0 Å². The summed E-state index contributed by atoms with van der Waals surface area (Å²) in [4.78, 5) is 4.40. The Bertz CT molecular complexity index is 526. The average Bonchev–Trinajstić information content (AvgIpc) is 2.52. The number of ether oxygens (including phenoxy) is 2. The second-order valence-electron chi connectivity index (χ2n) is 4.37. The molecule has 0 fully saturated rings. The average molecular weight is 272 g/mol. The Morgan fingerprint density at radius 2 is 1.70 bits per heavy atom. The maximum absolute atomic E-state index is 5.71. The van der Waals surface area contributed by atoms with Crippen LogP contribution in [-0.2, 0) is 6.61 Å². The highest BCUT2D eigenvalue weighted by Crippen LogP contribution is 2.18. The summed E-state index contributed by atoms with van der Waals surface area (Å²) in [6, 6.07) is 13.5. The molecule has 0 aliphatic heterocycles. The zero-order valence-electron chi connectivity index (χ0n) is 11.9. The molecule has 0 amide bonds. The second kappa shape index (κ2) is 7.38. The highest BCUT2D eigenvalue weighted by molar-refractivity contribution is 5.34. The Balaban J connectivity index is 1.89. The zero-order valence-corrected chi connectivity index (χ0v) is 11.9. The Morgan fingerprint density at radius 1 is 1.00 bits per heavy atom. The lowest BCUT2D eigenvalue weighted by Gasteiger charge is -2.08. The smallest absolute Gasteiger partial charge is 0.130 e. The van der Waals surface area contributed by atoms with Gasteiger partial charge in [0.05, 0.1) is 12.3 Å². The summed E-state index contributed by atoms with van der Waals surface area (Å²) in [6.45, 7) is 3.27. The summed E-state index contributed by atoms with van der Waals surface area (Å²) in [5, 5.41) is 3.01. The summed E-state index contributed by atoms with van der Waals surface area (Å²) >= 11 is 0. The van der Waals surface area contributed by atoms with Gasteiger partial charge in [0.25, 0.3) is 0 Å². The third-order valence-corrected chi connectivity index (χ3v) is 2.75. The lowest BCUT2D eigenvalue weighted by Crippen LogP contribution is -2.01. The number of pyridine rings is 1. The second-order valence-corrected chi connectivity index (χ2v) is 4.37. The third kappa shape index (κ3) is 4.16. The van der Waals surface area contributed by atoms with Crippen LogP contribution in [0.25, 0.3) is 0 Å². The van der Waals surface area contributed by atoms with Gasteiger partial charge in [0.2, 0.25) is 0 Å². The van der Waals surface area contributed by atoms with E-state index in [1.54, 1.807) is 0 Å². The number of nitrogens with zero attached hydrogens (tertiary/aromatic N) is 1. The van der Waals surface area contributed by atoms with E-state index in [0.717, 1.165) is 36.0 Å². The van der Waals surface area contributed by atoms with Crippen LogP contribution in [0, 0.1) is 0 Å². The highest BCUT2D eigenvalue weighted by atomic mass is 16.5. The van der Waals surface area contributed by atoms with E-state index in [1.807, 2.05) is 49.5 Å². The minimum Gasteiger partial charge on any atom is -0.494 e. The molecule has 1 N–H and O–H groups in total. The van der Waals surface area contributed by atoms with Crippen LogP contribution in [-0.4, -0.2) is 18.6 Å². The molecule has 2 aromatic rings. The number of nitrogens with one attached hydrogen (secondary N) is 1. The number of anilines is 1. The van der Waals surface area contributed by atoms with Gasteiger partial charge in [-0.15, -0.1) is 0 Å². The van der Waals surface area contributed by atoms with Crippen LogP contribution in [0.2, 0.25) is 0 Å². The summed E-state index contributed by atoms with van der Waals surface area (Å²) in [6.07, 6.45) is 1.01. The van der Waals surface area contributed by atoms with Crippen molar-refractivity contribution in [2.75, 3.05) is 19.0 Å². The van der Waals surface area contributed by atoms with E-state index in [2.05, 4.69) is 17.2 Å². The van der Waals surface area contributed by atoms with Gasteiger partial charge in [-0.25, -0.2) is 4.98 Å². The van der Waals surface area contributed by atoms with Crippen molar-refractivity contribution in [1.29, 1.82) is 0 Å². The molecule has 0 aliphatic carbocycles. The summed E-state index contributed by atoms with van der Waals surface area (Å²) in [5.41, 5.74) is 0.892. The molecule has 0 bridgehead atoms. The number of aromatic nitrogens is 1. The molecular weight excluding hydrogens is 252 g/mol. The van der Waals surface area contributed by atoms with E-state index < -0.39 is 0 Å². The van der Waals surface area contributed by atoms with Gasteiger partial charge in [0.1, 0.15) is 23.9 Å². The van der Waals surface area contributed by atoms with Crippen molar-refractivity contribution >= 4 is 5.82 Å². The van der Waals surface area contributed by atoms with Crippen molar-refractivity contribution in [1.82, 2.24) is 4.98 Å². The predicted octanol–water partition coefficient (Wildman–Crippen LogP) is 3.49. The Hall–Kier alpha value is -2.23. The Kier molecular flexibility index (Phi) is 5.24. The molecule has 0 unspecified atom stereocenters. The van der Waals surface area contributed by atoms with Gasteiger partial charge in [0, 0.05) is 7.05 Å². The molecule has 4 heteroatoms. The van der Waals surface area contributed by atoms with Crippen LogP contribution in [0.3, 0.4) is 0 Å². The zero-order chi connectivity index (χ0) is 14.2. The van der Waals surface area contributed by atoms with E-state index in [1.165, 1.54) is 0 Å². The summed E-state index contributed by atoms with van der Waals surface area (Å²) < 4.78 is 11.2. The van der Waals surface area contributed by atoms with Gasteiger partial charge in [-0.3, -0.25) is 0 Å². The van der Waals surface area contributed by atoms with E-state index >= 15 is 0 Å². The van der Waals surface area contributed by atoms with Gasteiger partial charge in [-0.2, -0.15) is 0 Å². The van der Waals surface area contributed by atoms with E-state index in [9.17, 15) is 0 Å². The maximum Gasteiger partial charge on any atom is 0.130 e. The molecule has 106 valence electrons. The number of benzene rings is 1. The standard InChI is InChI=1S/C16H20N2O2/c1-3-11-19-14-7-9-15(10-8-14)20-12-13-5-4-6-16(17-2)18-13/h4-10H,3,11-12H2,1-2H3,(H,17,18). The Labute approximate surface area is 119 Å². The monoisotopic (exact) mass is 272 g/mol. The van der Waals surface area contributed by atoms with E-state index in [0.29, 0.717) is 6.61 Å². The van der Waals surface area contributed by atoms with Crippen molar-refractivity contribution in [3.05, 3.63) is 48.2 Å². The summed E-state index contributed by atoms with van der Waals surface area (Å²) in [7, 11) is 1.85. The van der Waals surface area contributed by atoms with Crippen LogP contribution in [0.1, 0.15) is 19.0 Å². The summed E-state index contributed by atoms with van der Waals surface area (Å²) in [5.74, 6) is 2.52. The first-order valence-corrected chi connectivity index (χ1v) is 6.81. The minimum atomic E-state index is 0.449. The first kappa shape index (κ1) is 14.2. The van der Waals surface area contributed by atoms with Crippen LogP contribution < -0.4 is 14.8 Å². The molecule has 0 saturated heterocycles. The van der Waals surface area contributed by atoms with E-state index in [4.69, 9.17) is 9.47 Å². The molecule has 0 aliphatic rings.